The molecule has 3 rings (SSSR count). The second kappa shape index (κ2) is 5.39. The summed E-state index contributed by atoms with van der Waals surface area (Å²) in [5.74, 6) is -0.583. The predicted octanol–water partition coefficient (Wildman–Crippen LogP) is 5.37. The van der Waals surface area contributed by atoms with E-state index in [2.05, 4.69) is 20.9 Å². The van der Waals surface area contributed by atoms with Crippen LogP contribution in [0, 0.1) is 11.6 Å². The van der Waals surface area contributed by atoms with Crippen molar-refractivity contribution in [1.82, 2.24) is 9.55 Å². The van der Waals surface area contributed by atoms with Gasteiger partial charge in [0, 0.05) is 10.5 Å². The Hall–Kier alpha value is -1.46. The first-order chi connectivity index (χ1) is 9.97. The third-order valence-electron chi connectivity index (χ3n) is 3.15. The number of halogens is 4. The molecule has 0 spiro atoms. The van der Waals surface area contributed by atoms with Gasteiger partial charge in [0.15, 0.2) is 0 Å². The van der Waals surface area contributed by atoms with E-state index >= 15 is 0 Å². The summed E-state index contributed by atoms with van der Waals surface area (Å²) in [7, 11) is 0. The lowest BCUT2D eigenvalue weighted by molar-refractivity contribution is 0.591. The number of hydrogen-bond donors (Lipinski definition) is 0. The van der Waals surface area contributed by atoms with Crippen LogP contribution >= 0.6 is 27.5 Å². The third kappa shape index (κ3) is 2.56. The van der Waals surface area contributed by atoms with Crippen molar-refractivity contribution in [3.8, 4) is 5.69 Å². The summed E-state index contributed by atoms with van der Waals surface area (Å²) in [6, 6.07) is 8.75. The summed E-state index contributed by atoms with van der Waals surface area (Å²) >= 11 is 9.53. The molecule has 0 bridgehead atoms. The molecule has 2 aromatic carbocycles. The average Bonchev–Trinajstić information content (AvgIpc) is 2.80. The van der Waals surface area contributed by atoms with Crippen molar-refractivity contribution in [1.29, 1.82) is 0 Å². The van der Waals surface area contributed by atoms with E-state index in [0.717, 1.165) is 22.7 Å². The summed E-state index contributed by atoms with van der Waals surface area (Å²) in [6.07, 6.45) is 0. The number of fused-ring (bicyclic) bond motifs is 1. The van der Waals surface area contributed by atoms with Crippen LogP contribution < -0.4 is 0 Å². The maximum Gasteiger partial charge on any atom is 0.147 e. The zero-order valence-corrected chi connectivity index (χ0v) is 13.3. The molecule has 0 aliphatic heterocycles. The van der Waals surface area contributed by atoms with Gasteiger partial charge in [-0.1, -0.05) is 15.9 Å². The highest BCUT2D eigenvalue weighted by molar-refractivity contribution is 9.10. The fraction of sp³-hybridized carbons (Fsp3) is 0.133. The SMILES string of the molecule is CC(Cl)c1nc2ccc(Br)cc2n1-c1cc(F)ccc1F. The first-order valence-corrected chi connectivity index (χ1v) is 7.47. The maximum absolute atomic E-state index is 14.1. The van der Waals surface area contributed by atoms with Crippen LogP contribution in [0.1, 0.15) is 18.1 Å². The van der Waals surface area contributed by atoms with Crippen LogP contribution in [0.2, 0.25) is 0 Å². The second-order valence-electron chi connectivity index (χ2n) is 4.65. The Kier molecular flexibility index (Phi) is 3.71. The van der Waals surface area contributed by atoms with Crippen molar-refractivity contribution in [3.63, 3.8) is 0 Å². The number of alkyl halides is 1. The number of aromatic nitrogens is 2. The molecule has 6 heteroatoms. The molecule has 3 aromatic rings. The highest BCUT2D eigenvalue weighted by Crippen LogP contribution is 2.31. The Morgan fingerprint density at radius 3 is 2.67 bits per heavy atom. The smallest absolute Gasteiger partial charge is 0.147 e. The Balaban J connectivity index is 2.41. The van der Waals surface area contributed by atoms with Gasteiger partial charge >= 0.3 is 0 Å². The zero-order valence-electron chi connectivity index (χ0n) is 10.9. The van der Waals surface area contributed by atoms with Gasteiger partial charge in [0.1, 0.15) is 17.5 Å². The van der Waals surface area contributed by atoms with E-state index in [4.69, 9.17) is 11.6 Å². The van der Waals surface area contributed by atoms with Gasteiger partial charge in [-0.15, -0.1) is 11.6 Å². The Labute approximate surface area is 133 Å². The van der Waals surface area contributed by atoms with Gasteiger partial charge in [-0.2, -0.15) is 0 Å². The lowest BCUT2D eigenvalue weighted by Crippen LogP contribution is -2.04. The van der Waals surface area contributed by atoms with Crippen LogP contribution in [0.4, 0.5) is 8.78 Å². The maximum atomic E-state index is 14.1. The molecule has 1 unspecified atom stereocenters. The van der Waals surface area contributed by atoms with Crippen molar-refractivity contribution in [2.24, 2.45) is 0 Å². The van der Waals surface area contributed by atoms with Crippen LogP contribution in [-0.4, -0.2) is 9.55 Å². The molecular formula is C15H10BrClF2N2. The average molecular weight is 372 g/mol. The molecule has 0 fully saturated rings. The summed E-state index contributed by atoms with van der Waals surface area (Å²) in [6.45, 7) is 1.74. The molecule has 108 valence electrons. The largest absolute Gasteiger partial charge is 0.292 e. The van der Waals surface area contributed by atoms with Gasteiger partial charge in [0.05, 0.1) is 22.1 Å². The topological polar surface area (TPSA) is 17.8 Å². The molecule has 0 aliphatic rings. The van der Waals surface area contributed by atoms with E-state index in [1.807, 2.05) is 6.07 Å². The van der Waals surface area contributed by atoms with Gasteiger partial charge < -0.3 is 0 Å². The molecular weight excluding hydrogens is 362 g/mol. The number of benzene rings is 2. The van der Waals surface area contributed by atoms with Crippen LogP contribution in [0.5, 0.6) is 0 Å². The van der Waals surface area contributed by atoms with Crippen molar-refractivity contribution in [2.45, 2.75) is 12.3 Å². The molecule has 0 radical (unpaired) electrons. The summed E-state index contributed by atoms with van der Waals surface area (Å²) < 4.78 is 30.0. The van der Waals surface area contributed by atoms with Crippen LogP contribution in [-0.2, 0) is 0 Å². The monoisotopic (exact) mass is 370 g/mol. The van der Waals surface area contributed by atoms with Crippen LogP contribution in [0.15, 0.2) is 40.9 Å². The first-order valence-electron chi connectivity index (χ1n) is 6.25. The third-order valence-corrected chi connectivity index (χ3v) is 3.84. The minimum absolute atomic E-state index is 0.0955. The number of hydrogen-bond acceptors (Lipinski definition) is 1. The minimum Gasteiger partial charge on any atom is -0.292 e. The van der Waals surface area contributed by atoms with E-state index in [9.17, 15) is 8.78 Å². The fourth-order valence-electron chi connectivity index (χ4n) is 2.24. The van der Waals surface area contributed by atoms with Crippen molar-refractivity contribution < 1.29 is 8.78 Å². The predicted molar refractivity (Wildman–Crippen MR) is 83.0 cm³/mol. The highest BCUT2D eigenvalue weighted by Gasteiger charge is 2.19. The second-order valence-corrected chi connectivity index (χ2v) is 6.22. The van der Waals surface area contributed by atoms with Crippen molar-refractivity contribution >= 4 is 38.6 Å². The lowest BCUT2D eigenvalue weighted by atomic mass is 10.2. The molecule has 0 aliphatic carbocycles. The zero-order chi connectivity index (χ0) is 15.1. The normalized spacial score (nSPS) is 12.8. The summed E-state index contributed by atoms with van der Waals surface area (Å²) in [4.78, 5) is 4.42. The summed E-state index contributed by atoms with van der Waals surface area (Å²) in [5, 5.41) is -0.446. The standard InChI is InChI=1S/C15H10BrClF2N2/c1-8(17)15-20-12-5-2-9(16)6-14(12)21(15)13-7-10(18)3-4-11(13)19/h2-8H,1H3. The van der Waals surface area contributed by atoms with E-state index in [1.54, 1.807) is 23.6 Å². The minimum atomic E-state index is -0.533. The molecule has 0 amide bonds. The Morgan fingerprint density at radius 2 is 1.95 bits per heavy atom. The fourth-order valence-corrected chi connectivity index (χ4v) is 2.74. The highest BCUT2D eigenvalue weighted by atomic mass is 79.9. The molecule has 1 atom stereocenters. The molecule has 1 aromatic heterocycles. The van der Waals surface area contributed by atoms with E-state index in [1.165, 1.54) is 0 Å². The number of nitrogens with zero attached hydrogens (tertiary/aromatic N) is 2. The quantitative estimate of drug-likeness (QED) is 0.554. The van der Waals surface area contributed by atoms with Gasteiger partial charge in [-0.05, 0) is 37.3 Å². The van der Waals surface area contributed by atoms with Crippen molar-refractivity contribution in [3.05, 3.63) is 58.3 Å². The Morgan fingerprint density at radius 1 is 1.19 bits per heavy atom. The van der Waals surface area contributed by atoms with Gasteiger partial charge in [0.25, 0.3) is 0 Å². The summed E-state index contributed by atoms with van der Waals surface area (Å²) in [5.41, 5.74) is 1.43. The van der Waals surface area contributed by atoms with E-state index in [0.29, 0.717) is 16.9 Å². The van der Waals surface area contributed by atoms with E-state index < -0.39 is 17.0 Å². The van der Waals surface area contributed by atoms with Gasteiger partial charge in [-0.3, -0.25) is 4.57 Å². The molecule has 2 nitrogen and oxygen atoms in total. The van der Waals surface area contributed by atoms with Crippen LogP contribution in [0.25, 0.3) is 16.7 Å². The molecule has 1 heterocycles. The van der Waals surface area contributed by atoms with E-state index in [-0.39, 0.29) is 5.69 Å². The van der Waals surface area contributed by atoms with Crippen LogP contribution in [0.3, 0.4) is 0 Å². The number of rotatable bonds is 2. The number of imidazole rings is 1. The van der Waals surface area contributed by atoms with Gasteiger partial charge in [-0.25, -0.2) is 13.8 Å². The molecule has 21 heavy (non-hydrogen) atoms. The van der Waals surface area contributed by atoms with Crippen molar-refractivity contribution in [2.75, 3.05) is 0 Å². The molecule has 0 saturated carbocycles. The first kappa shape index (κ1) is 14.5. The van der Waals surface area contributed by atoms with Gasteiger partial charge in [0.2, 0.25) is 0 Å². The molecule has 0 N–H and O–H groups in total. The lowest BCUT2D eigenvalue weighted by Gasteiger charge is -2.11. The molecule has 0 saturated heterocycles. The Bertz CT molecular complexity index is 830.